The van der Waals surface area contributed by atoms with Crippen molar-refractivity contribution in [1.82, 2.24) is 0 Å². The topological polar surface area (TPSA) is 17.1 Å². The molecule has 0 aromatic heterocycles. The maximum Gasteiger partial charge on any atom is 0.141 e. The van der Waals surface area contributed by atoms with E-state index in [2.05, 4.69) is 33.8 Å². The van der Waals surface area contributed by atoms with Crippen molar-refractivity contribution in [2.75, 3.05) is 0 Å². The maximum atomic E-state index is 12.7. The number of hydrogen-bond acceptors (Lipinski definition) is 1. The smallest absolute Gasteiger partial charge is 0.141 e. The zero-order valence-electron chi connectivity index (χ0n) is 14.8. The first kappa shape index (κ1) is 15.0. The Labute approximate surface area is 135 Å². The lowest BCUT2D eigenvalue weighted by atomic mass is 9.47. The van der Waals surface area contributed by atoms with Gasteiger partial charge in [-0.3, -0.25) is 4.79 Å². The lowest BCUT2D eigenvalue weighted by molar-refractivity contribution is -0.133. The third kappa shape index (κ3) is 1.80. The van der Waals surface area contributed by atoms with E-state index in [1.807, 2.05) is 0 Å². The molecule has 0 bridgehead atoms. The molecule has 3 fully saturated rings. The van der Waals surface area contributed by atoms with Crippen LogP contribution in [0.3, 0.4) is 0 Å². The molecule has 1 heteroatoms. The monoisotopic (exact) mass is 300 g/mol. The Morgan fingerprint density at radius 2 is 1.77 bits per heavy atom. The van der Waals surface area contributed by atoms with E-state index >= 15 is 0 Å². The summed E-state index contributed by atoms with van der Waals surface area (Å²) in [6.45, 7) is 9.45. The minimum absolute atomic E-state index is 0.00421. The van der Waals surface area contributed by atoms with E-state index in [4.69, 9.17) is 0 Å². The van der Waals surface area contributed by atoms with Crippen LogP contribution in [-0.4, -0.2) is 5.78 Å². The lowest BCUT2D eigenvalue weighted by Crippen LogP contribution is -2.50. The van der Waals surface area contributed by atoms with Crippen LogP contribution in [0.5, 0.6) is 0 Å². The molecule has 4 rings (SSSR count). The van der Waals surface area contributed by atoms with Gasteiger partial charge < -0.3 is 0 Å². The van der Waals surface area contributed by atoms with Crippen molar-refractivity contribution in [3.05, 3.63) is 11.6 Å². The molecular weight excluding hydrogens is 268 g/mol. The Morgan fingerprint density at radius 3 is 2.55 bits per heavy atom. The second-order valence-electron chi connectivity index (χ2n) is 9.56. The van der Waals surface area contributed by atoms with E-state index in [1.54, 1.807) is 5.57 Å². The summed E-state index contributed by atoms with van der Waals surface area (Å²) in [6.07, 6.45) is 11.6. The van der Waals surface area contributed by atoms with E-state index in [9.17, 15) is 4.79 Å². The standard InChI is InChI=1S/C21H32O/c1-13-7-9-20(3)15(11-13)5-6-16-17(20)8-10-21(4)18(16)12-14(2)19(21)22/h5,13-14,16-18H,6-12H2,1-4H3/t13-,14?,16?,17?,18?,20-,21-/m0/s1. The van der Waals surface area contributed by atoms with Gasteiger partial charge in [-0.15, -0.1) is 0 Å². The number of carbonyl (C=O) groups excluding carboxylic acids is 1. The van der Waals surface area contributed by atoms with E-state index < -0.39 is 0 Å². The Bertz CT molecular complexity index is 532. The Morgan fingerprint density at radius 1 is 1.05 bits per heavy atom. The highest BCUT2D eigenvalue weighted by Gasteiger charge is 2.60. The molecule has 22 heavy (non-hydrogen) atoms. The van der Waals surface area contributed by atoms with Crippen LogP contribution in [0.25, 0.3) is 0 Å². The minimum atomic E-state index is 0.00421. The molecule has 0 amide bonds. The molecule has 0 N–H and O–H groups in total. The first-order valence-corrected chi connectivity index (χ1v) is 9.60. The van der Waals surface area contributed by atoms with Crippen LogP contribution in [0.15, 0.2) is 11.6 Å². The predicted molar refractivity (Wildman–Crippen MR) is 90.4 cm³/mol. The van der Waals surface area contributed by atoms with Crippen molar-refractivity contribution in [1.29, 1.82) is 0 Å². The third-order valence-electron chi connectivity index (χ3n) is 8.36. The van der Waals surface area contributed by atoms with E-state index in [0.717, 1.165) is 30.6 Å². The number of fused-ring (bicyclic) bond motifs is 5. The summed E-state index contributed by atoms with van der Waals surface area (Å²) in [6, 6.07) is 0. The Kier molecular flexibility index (Phi) is 3.20. The molecule has 4 aliphatic rings. The largest absolute Gasteiger partial charge is 0.299 e. The van der Waals surface area contributed by atoms with Gasteiger partial charge >= 0.3 is 0 Å². The predicted octanol–water partition coefficient (Wildman–Crippen LogP) is 5.40. The molecule has 4 unspecified atom stereocenters. The molecule has 0 spiro atoms. The molecular formula is C21H32O. The van der Waals surface area contributed by atoms with Crippen molar-refractivity contribution >= 4 is 5.78 Å². The van der Waals surface area contributed by atoms with Crippen molar-refractivity contribution in [3.63, 3.8) is 0 Å². The summed E-state index contributed by atoms with van der Waals surface area (Å²) in [4.78, 5) is 12.7. The number of hydrogen-bond donors (Lipinski definition) is 0. The van der Waals surface area contributed by atoms with Crippen LogP contribution in [0, 0.1) is 40.4 Å². The lowest BCUT2D eigenvalue weighted by Gasteiger charge is -2.57. The Balaban J connectivity index is 1.70. The van der Waals surface area contributed by atoms with E-state index in [-0.39, 0.29) is 5.41 Å². The quantitative estimate of drug-likeness (QED) is 0.547. The van der Waals surface area contributed by atoms with Gasteiger partial charge in [0.15, 0.2) is 0 Å². The molecule has 122 valence electrons. The first-order chi connectivity index (χ1) is 10.4. The SMILES string of the molecule is CC1CC2C3CC=C4C[C@@H](C)CC[C@]4(C)C3CC[C@]2(C)C1=O. The summed E-state index contributed by atoms with van der Waals surface area (Å²) in [5, 5.41) is 0. The normalized spacial score (nSPS) is 54.3. The molecule has 0 aromatic carbocycles. The second kappa shape index (κ2) is 4.71. The van der Waals surface area contributed by atoms with Gasteiger partial charge in [0.2, 0.25) is 0 Å². The Hall–Kier alpha value is -0.590. The molecule has 0 aromatic rings. The van der Waals surface area contributed by atoms with Crippen LogP contribution in [0.2, 0.25) is 0 Å². The number of ketones is 1. The highest BCUT2D eigenvalue weighted by atomic mass is 16.1. The highest BCUT2D eigenvalue weighted by molar-refractivity contribution is 5.89. The third-order valence-corrected chi connectivity index (χ3v) is 8.36. The van der Waals surface area contributed by atoms with E-state index in [1.165, 1.54) is 32.1 Å². The van der Waals surface area contributed by atoms with Gasteiger partial charge in [0.1, 0.15) is 5.78 Å². The summed E-state index contributed by atoms with van der Waals surface area (Å²) >= 11 is 0. The fourth-order valence-corrected chi connectivity index (χ4v) is 6.95. The summed E-state index contributed by atoms with van der Waals surface area (Å²) in [5.41, 5.74) is 2.23. The summed E-state index contributed by atoms with van der Waals surface area (Å²) in [7, 11) is 0. The van der Waals surface area contributed by atoms with Gasteiger partial charge in [0, 0.05) is 11.3 Å². The highest BCUT2D eigenvalue weighted by Crippen LogP contribution is 2.64. The zero-order chi connectivity index (χ0) is 15.7. The van der Waals surface area contributed by atoms with Crippen LogP contribution in [0.4, 0.5) is 0 Å². The van der Waals surface area contributed by atoms with Gasteiger partial charge in [0.25, 0.3) is 0 Å². The maximum absolute atomic E-state index is 12.7. The van der Waals surface area contributed by atoms with Crippen LogP contribution in [0.1, 0.15) is 72.6 Å². The molecule has 0 aliphatic heterocycles. The van der Waals surface area contributed by atoms with Crippen molar-refractivity contribution in [2.45, 2.75) is 72.6 Å². The average Bonchev–Trinajstić information content (AvgIpc) is 2.72. The number of Topliss-reactive ketones (excluding diaryl/α,β-unsaturated/α-hetero) is 1. The van der Waals surface area contributed by atoms with Gasteiger partial charge in [0.05, 0.1) is 0 Å². The first-order valence-electron chi connectivity index (χ1n) is 9.60. The molecule has 0 heterocycles. The summed E-state index contributed by atoms with van der Waals surface area (Å²) < 4.78 is 0. The van der Waals surface area contributed by atoms with Crippen LogP contribution >= 0.6 is 0 Å². The minimum Gasteiger partial charge on any atom is -0.299 e. The number of rotatable bonds is 0. The molecule has 3 saturated carbocycles. The van der Waals surface area contributed by atoms with Gasteiger partial charge in [-0.25, -0.2) is 0 Å². The number of allylic oxidation sites excluding steroid dienone is 2. The fraction of sp³-hybridized carbons (Fsp3) is 0.857. The van der Waals surface area contributed by atoms with Gasteiger partial charge in [-0.1, -0.05) is 39.3 Å². The molecule has 0 saturated heterocycles. The molecule has 0 radical (unpaired) electrons. The van der Waals surface area contributed by atoms with Crippen LogP contribution in [-0.2, 0) is 4.79 Å². The van der Waals surface area contributed by atoms with Crippen molar-refractivity contribution in [3.8, 4) is 0 Å². The van der Waals surface area contributed by atoms with Crippen molar-refractivity contribution in [2.24, 2.45) is 40.4 Å². The van der Waals surface area contributed by atoms with Crippen LogP contribution < -0.4 is 0 Å². The van der Waals surface area contributed by atoms with Gasteiger partial charge in [-0.2, -0.15) is 0 Å². The summed E-state index contributed by atoms with van der Waals surface area (Å²) in [5.74, 6) is 4.03. The van der Waals surface area contributed by atoms with E-state index in [0.29, 0.717) is 23.0 Å². The fourth-order valence-electron chi connectivity index (χ4n) is 6.95. The molecule has 7 atom stereocenters. The second-order valence-corrected chi connectivity index (χ2v) is 9.56. The van der Waals surface area contributed by atoms with Gasteiger partial charge in [-0.05, 0) is 74.0 Å². The number of carbonyl (C=O) groups is 1. The van der Waals surface area contributed by atoms with Crippen molar-refractivity contribution < 1.29 is 4.79 Å². The molecule has 1 nitrogen and oxygen atoms in total. The zero-order valence-corrected chi connectivity index (χ0v) is 14.8. The molecule has 4 aliphatic carbocycles. The average molecular weight is 300 g/mol.